The quantitative estimate of drug-likeness (QED) is 0.724. The average molecular weight is 438 g/mol. The predicted octanol–water partition coefficient (Wildman–Crippen LogP) is 4.06. The Morgan fingerprint density at radius 1 is 1.10 bits per heavy atom. The van der Waals surface area contributed by atoms with Gasteiger partial charge < -0.3 is 4.90 Å². The molecule has 31 heavy (non-hydrogen) atoms. The number of carbonyl (C=O) groups is 1. The van der Waals surface area contributed by atoms with Gasteiger partial charge in [-0.05, 0) is 51.3 Å². The fraction of sp³-hybridized carbons (Fsp3) is 0.682. The summed E-state index contributed by atoms with van der Waals surface area (Å²) in [6.45, 7) is 8.58. The molecule has 2 aromatic rings. The van der Waals surface area contributed by atoms with Crippen molar-refractivity contribution >= 4 is 11.6 Å². The molecule has 0 unspecified atom stereocenters. The van der Waals surface area contributed by atoms with Crippen LogP contribution in [0.15, 0.2) is 12.1 Å². The van der Waals surface area contributed by atoms with Crippen LogP contribution in [-0.2, 0) is 11.0 Å². The molecular formula is C22H30F3N5O. The first-order valence-electron chi connectivity index (χ1n) is 11.2. The van der Waals surface area contributed by atoms with Crippen molar-refractivity contribution in [3.8, 4) is 0 Å². The van der Waals surface area contributed by atoms with Crippen LogP contribution < -0.4 is 0 Å². The number of hydrogen-bond donors (Lipinski definition) is 0. The number of piperidine rings is 1. The second-order valence-corrected chi connectivity index (χ2v) is 9.10. The van der Waals surface area contributed by atoms with Crippen LogP contribution in [0, 0.1) is 0 Å². The van der Waals surface area contributed by atoms with E-state index in [-0.39, 0.29) is 29.4 Å². The highest BCUT2D eigenvalue weighted by molar-refractivity contribution is 5.81. The molecule has 0 aromatic carbocycles. The molecule has 2 fully saturated rings. The maximum Gasteiger partial charge on any atom is 0.433 e. The van der Waals surface area contributed by atoms with E-state index < -0.39 is 11.9 Å². The zero-order valence-electron chi connectivity index (χ0n) is 18.3. The summed E-state index contributed by atoms with van der Waals surface area (Å²) in [7, 11) is 0. The van der Waals surface area contributed by atoms with Gasteiger partial charge in [0.2, 0.25) is 5.91 Å². The number of likely N-dealkylation sites (tertiary alicyclic amines) is 2. The lowest BCUT2D eigenvalue weighted by molar-refractivity contribution is -0.142. The molecule has 2 aliphatic heterocycles. The maximum atomic E-state index is 13.6. The first-order chi connectivity index (χ1) is 14.6. The Kier molecular flexibility index (Phi) is 5.98. The molecule has 4 heterocycles. The predicted molar refractivity (Wildman–Crippen MR) is 111 cm³/mol. The fourth-order valence-electron chi connectivity index (χ4n) is 4.64. The second-order valence-electron chi connectivity index (χ2n) is 9.10. The molecule has 9 heteroatoms. The van der Waals surface area contributed by atoms with E-state index >= 15 is 0 Å². The zero-order valence-corrected chi connectivity index (χ0v) is 18.3. The molecular weight excluding hydrogens is 407 g/mol. The van der Waals surface area contributed by atoms with Crippen molar-refractivity contribution in [1.82, 2.24) is 24.4 Å². The number of hydrogen-bond acceptors (Lipinski definition) is 4. The van der Waals surface area contributed by atoms with Crippen LogP contribution >= 0.6 is 0 Å². The molecule has 1 amide bonds. The van der Waals surface area contributed by atoms with Crippen LogP contribution in [0.3, 0.4) is 0 Å². The Morgan fingerprint density at radius 2 is 1.81 bits per heavy atom. The van der Waals surface area contributed by atoms with Crippen molar-refractivity contribution in [2.75, 3.05) is 26.2 Å². The third-order valence-corrected chi connectivity index (χ3v) is 6.56. The minimum Gasteiger partial charge on any atom is -0.341 e. The highest BCUT2D eigenvalue weighted by Crippen LogP contribution is 2.33. The van der Waals surface area contributed by atoms with E-state index in [2.05, 4.69) is 15.0 Å². The molecule has 2 aromatic heterocycles. The third-order valence-electron chi connectivity index (χ3n) is 6.56. The number of rotatable bonds is 4. The number of halogens is 3. The molecule has 0 aliphatic carbocycles. The van der Waals surface area contributed by atoms with E-state index in [0.29, 0.717) is 30.9 Å². The van der Waals surface area contributed by atoms with Gasteiger partial charge in [-0.2, -0.15) is 18.3 Å². The standard InChI is InChI=1S/C22H30F3N5O/c1-14(2)17-11-19(22(23,24)25)30-20(26-17)12-18(27-30)16-7-10-29(13-16)21(31)15(3)28-8-5-4-6-9-28/h11-12,14-16H,4-10,13H2,1-3H3/t15-,16+/m0/s1. The molecule has 2 atom stereocenters. The molecule has 4 rings (SSSR count). The average Bonchev–Trinajstić information content (AvgIpc) is 3.38. The lowest BCUT2D eigenvalue weighted by Gasteiger charge is -2.33. The van der Waals surface area contributed by atoms with Crippen LogP contribution in [0.1, 0.15) is 75.4 Å². The van der Waals surface area contributed by atoms with Crippen molar-refractivity contribution < 1.29 is 18.0 Å². The Hall–Kier alpha value is -2.16. The van der Waals surface area contributed by atoms with Crippen molar-refractivity contribution in [3.63, 3.8) is 0 Å². The molecule has 0 bridgehead atoms. The van der Waals surface area contributed by atoms with Gasteiger partial charge in [0, 0.05) is 30.8 Å². The Labute approximate surface area is 180 Å². The summed E-state index contributed by atoms with van der Waals surface area (Å²) >= 11 is 0. The van der Waals surface area contributed by atoms with Gasteiger partial charge in [0.05, 0.1) is 11.7 Å². The van der Waals surface area contributed by atoms with Crippen molar-refractivity contribution in [2.45, 2.75) is 70.5 Å². The monoisotopic (exact) mass is 437 g/mol. The van der Waals surface area contributed by atoms with Crippen molar-refractivity contribution in [1.29, 1.82) is 0 Å². The number of aromatic nitrogens is 3. The molecule has 6 nitrogen and oxygen atoms in total. The van der Waals surface area contributed by atoms with E-state index in [1.165, 1.54) is 6.42 Å². The minimum atomic E-state index is -4.52. The normalized spacial score (nSPS) is 21.9. The van der Waals surface area contributed by atoms with Crippen LogP contribution in [-0.4, -0.2) is 62.5 Å². The molecule has 2 saturated heterocycles. The zero-order chi connectivity index (χ0) is 22.3. The van der Waals surface area contributed by atoms with E-state index in [1.807, 2.05) is 25.7 Å². The SMILES string of the molecule is CC(C)c1cc(C(F)(F)F)n2nc([C@@H]3CCN(C(=O)[C@H](C)N4CCCCC4)C3)cc2n1. The van der Waals surface area contributed by atoms with Crippen LogP contribution in [0.5, 0.6) is 0 Å². The van der Waals surface area contributed by atoms with Crippen molar-refractivity contribution in [2.24, 2.45) is 0 Å². The van der Waals surface area contributed by atoms with Crippen molar-refractivity contribution in [3.05, 3.63) is 29.2 Å². The van der Waals surface area contributed by atoms with Crippen LogP contribution in [0.2, 0.25) is 0 Å². The molecule has 170 valence electrons. The molecule has 0 saturated carbocycles. The first-order valence-corrected chi connectivity index (χ1v) is 11.2. The molecule has 0 N–H and O–H groups in total. The summed E-state index contributed by atoms with van der Waals surface area (Å²) in [6, 6.07) is 2.57. The number of amides is 1. The number of carbonyl (C=O) groups excluding carboxylic acids is 1. The van der Waals surface area contributed by atoms with Gasteiger partial charge in [-0.25, -0.2) is 9.50 Å². The minimum absolute atomic E-state index is 0.0808. The second kappa shape index (κ2) is 8.41. The first kappa shape index (κ1) is 22.0. The van der Waals surface area contributed by atoms with Gasteiger partial charge in [0.15, 0.2) is 5.65 Å². The molecule has 0 spiro atoms. The Balaban J connectivity index is 1.55. The smallest absolute Gasteiger partial charge is 0.341 e. The van der Waals surface area contributed by atoms with E-state index in [4.69, 9.17) is 0 Å². The summed E-state index contributed by atoms with van der Waals surface area (Å²) in [4.78, 5) is 21.5. The highest BCUT2D eigenvalue weighted by atomic mass is 19.4. The lowest BCUT2D eigenvalue weighted by Crippen LogP contribution is -2.48. The van der Waals surface area contributed by atoms with E-state index in [9.17, 15) is 18.0 Å². The largest absolute Gasteiger partial charge is 0.433 e. The molecule has 2 aliphatic rings. The van der Waals surface area contributed by atoms with Gasteiger partial charge in [-0.1, -0.05) is 20.3 Å². The summed E-state index contributed by atoms with van der Waals surface area (Å²) in [5, 5.41) is 4.28. The van der Waals surface area contributed by atoms with Crippen LogP contribution in [0.4, 0.5) is 13.2 Å². The number of alkyl halides is 3. The van der Waals surface area contributed by atoms with Gasteiger partial charge >= 0.3 is 6.18 Å². The third kappa shape index (κ3) is 4.42. The highest BCUT2D eigenvalue weighted by Gasteiger charge is 2.37. The summed E-state index contributed by atoms with van der Waals surface area (Å²) in [5.74, 6) is -0.104. The number of fused-ring (bicyclic) bond motifs is 1. The molecule has 0 radical (unpaired) electrons. The summed E-state index contributed by atoms with van der Waals surface area (Å²) in [5.41, 5.74) is 0.363. The topological polar surface area (TPSA) is 53.7 Å². The van der Waals surface area contributed by atoms with Gasteiger partial charge in [0.25, 0.3) is 0 Å². The Morgan fingerprint density at radius 3 is 2.45 bits per heavy atom. The van der Waals surface area contributed by atoms with E-state index in [1.54, 1.807) is 6.07 Å². The summed E-state index contributed by atoms with van der Waals surface area (Å²) in [6.07, 6.45) is -0.372. The van der Waals surface area contributed by atoms with Crippen LogP contribution in [0.25, 0.3) is 5.65 Å². The lowest BCUT2D eigenvalue weighted by atomic mass is 10.1. The van der Waals surface area contributed by atoms with Gasteiger partial charge in [-0.3, -0.25) is 9.69 Å². The van der Waals surface area contributed by atoms with Gasteiger partial charge in [0.1, 0.15) is 5.69 Å². The van der Waals surface area contributed by atoms with E-state index in [0.717, 1.165) is 36.5 Å². The summed E-state index contributed by atoms with van der Waals surface area (Å²) < 4.78 is 41.8. The maximum absolute atomic E-state index is 13.6. The van der Waals surface area contributed by atoms with Gasteiger partial charge in [-0.15, -0.1) is 0 Å². The Bertz CT molecular complexity index is 949. The number of nitrogens with zero attached hydrogens (tertiary/aromatic N) is 5. The fourth-order valence-corrected chi connectivity index (χ4v) is 4.64.